The molecule has 0 saturated carbocycles. The number of fused-ring (bicyclic) bond motifs is 1. The molecule has 1 unspecified atom stereocenters. The molecule has 0 spiro atoms. The first-order valence-electron chi connectivity index (χ1n) is 9.03. The van der Waals surface area contributed by atoms with Crippen LogP contribution in [0.15, 0.2) is 35.1 Å². The van der Waals surface area contributed by atoms with Crippen molar-refractivity contribution in [1.82, 2.24) is 9.88 Å². The maximum absolute atomic E-state index is 12.5. The second-order valence-electron chi connectivity index (χ2n) is 7.08. The van der Waals surface area contributed by atoms with Crippen LogP contribution < -0.4 is 10.7 Å². The quantitative estimate of drug-likeness (QED) is 0.930. The van der Waals surface area contributed by atoms with E-state index in [-0.39, 0.29) is 23.9 Å². The molecule has 0 fully saturated rings. The van der Waals surface area contributed by atoms with Crippen molar-refractivity contribution >= 4 is 5.91 Å². The van der Waals surface area contributed by atoms with Crippen LogP contribution in [-0.4, -0.2) is 10.5 Å². The van der Waals surface area contributed by atoms with Crippen molar-refractivity contribution < 1.29 is 4.79 Å². The first kappa shape index (κ1) is 17.5. The Hall–Kier alpha value is -2.36. The summed E-state index contributed by atoms with van der Waals surface area (Å²) in [6.07, 6.45) is 4.83. The Labute approximate surface area is 148 Å². The van der Waals surface area contributed by atoms with E-state index in [0.29, 0.717) is 0 Å². The van der Waals surface area contributed by atoms with Gasteiger partial charge in [-0.05, 0) is 63.1 Å². The maximum Gasteiger partial charge on any atom is 0.240 e. The lowest BCUT2D eigenvalue weighted by atomic mass is 9.89. The molecule has 0 bridgehead atoms. The van der Waals surface area contributed by atoms with Gasteiger partial charge in [-0.2, -0.15) is 0 Å². The second-order valence-corrected chi connectivity index (χ2v) is 7.08. The van der Waals surface area contributed by atoms with Gasteiger partial charge in [-0.25, -0.2) is 0 Å². The predicted octanol–water partition coefficient (Wildman–Crippen LogP) is 3.22. The summed E-state index contributed by atoms with van der Waals surface area (Å²) in [6.45, 7) is 5.96. The highest BCUT2D eigenvalue weighted by Crippen LogP contribution is 2.24. The number of hydrogen-bond acceptors (Lipinski definition) is 2. The van der Waals surface area contributed by atoms with E-state index in [1.165, 1.54) is 30.4 Å². The van der Waals surface area contributed by atoms with Crippen molar-refractivity contribution in [2.75, 3.05) is 0 Å². The van der Waals surface area contributed by atoms with Crippen LogP contribution in [0.4, 0.5) is 0 Å². The maximum atomic E-state index is 12.5. The molecule has 4 heteroatoms. The Bertz CT molecular complexity index is 825. The van der Waals surface area contributed by atoms with Gasteiger partial charge in [0, 0.05) is 23.5 Å². The lowest BCUT2D eigenvalue weighted by Crippen LogP contribution is -2.31. The minimum Gasteiger partial charge on any atom is -0.348 e. The Morgan fingerprint density at radius 3 is 2.40 bits per heavy atom. The molecule has 3 rings (SSSR count). The number of hydrogen-bond donors (Lipinski definition) is 1. The van der Waals surface area contributed by atoms with Crippen LogP contribution >= 0.6 is 0 Å². The molecule has 1 atom stereocenters. The number of carbonyl (C=O) groups excluding carboxylic acids is 1. The number of rotatable bonds is 4. The molecule has 1 aromatic carbocycles. The molecule has 0 radical (unpaired) electrons. The van der Waals surface area contributed by atoms with Crippen LogP contribution in [0.25, 0.3) is 0 Å². The average molecular weight is 338 g/mol. The zero-order valence-corrected chi connectivity index (χ0v) is 15.3. The molecule has 1 aliphatic rings. The third kappa shape index (κ3) is 4.01. The lowest BCUT2D eigenvalue weighted by molar-refractivity contribution is -0.122. The molecule has 1 aromatic heterocycles. The molecule has 1 aliphatic carbocycles. The topological polar surface area (TPSA) is 51.1 Å². The van der Waals surface area contributed by atoms with E-state index in [4.69, 9.17) is 0 Å². The van der Waals surface area contributed by atoms with Gasteiger partial charge in [0.15, 0.2) is 5.43 Å². The van der Waals surface area contributed by atoms with Crippen LogP contribution in [0.1, 0.15) is 53.9 Å². The number of benzene rings is 1. The van der Waals surface area contributed by atoms with Gasteiger partial charge in [0.2, 0.25) is 5.91 Å². The van der Waals surface area contributed by atoms with Crippen LogP contribution in [0.3, 0.4) is 0 Å². The van der Waals surface area contributed by atoms with E-state index in [2.05, 4.69) is 23.5 Å². The summed E-state index contributed by atoms with van der Waals surface area (Å²) in [4.78, 5) is 24.0. The van der Waals surface area contributed by atoms with Crippen molar-refractivity contribution in [1.29, 1.82) is 0 Å². The van der Waals surface area contributed by atoms with Gasteiger partial charge in [-0.3, -0.25) is 9.59 Å². The molecular formula is C21H26N2O2. The van der Waals surface area contributed by atoms with Crippen molar-refractivity contribution in [2.45, 2.75) is 59.0 Å². The fourth-order valence-corrected chi connectivity index (χ4v) is 3.67. The molecule has 1 heterocycles. The zero-order valence-electron chi connectivity index (χ0n) is 15.3. The number of carbonyl (C=O) groups is 1. The van der Waals surface area contributed by atoms with Gasteiger partial charge in [-0.1, -0.05) is 18.2 Å². The van der Waals surface area contributed by atoms with Crippen molar-refractivity contribution in [3.8, 4) is 0 Å². The standard InChI is InChI=1S/C21H26N2O2/c1-14-10-20(24)11-15(2)23(14)13-21(25)22-16(3)18-9-8-17-6-4-5-7-19(17)12-18/h8-12,16H,4-7,13H2,1-3H3,(H,22,25). The van der Waals surface area contributed by atoms with Crippen LogP contribution in [-0.2, 0) is 24.2 Å². The fourth-order valence-electron chi connectivity index (χ4n) is 3.67. The number of aryl methyl sites for hydroxylation is 4. The molecule has 1 N–H and O–H groups in total. The van der Waals surface area contributed by atoms with Crippen molar-refractivity contribution in [2.24, 2.45) is 0 Å². The van der Waals surface area contributed by atoms with Gasteiger partial charge in [0.1, 0.15) is 6.54 Å². The summed E-state index contributed by atoms with van der Waals surface area (Å²) < 4.78 is 1.87. The largest absolute Gasteiger partial charge is 0.348 e. The molecule has 132 valence electrons. The minimum absolute atomic E-state index is 0.0194. The van der Waals surface area contributed by atoms with Crippen molar-refractivity contribution in [3.05, 3.63) is 68.6 Å². The summed E-state index contributed by atoms with van der Waals surface area (Å²) >= 11 is 0. The van der Waals surface area contributed by atoms with E-state index in [1.807, 2.05) is 25.3 Å². The molecular weight excluding hydrogens is 312 g/mol. The van der Waals surface area contributed by atoms with Gasteiger partial charge in [0.05, 0.1) is 6.04 Å². The monoisotopic (exact) mass is 338 g/mol. The summed E-state index contributed by atoms with van der Waals surface area (Å²) in [5, 5.41) is 3.08. The summed E-state index contributed by atoms with van der Waals surface area (Å²) in [5.41, 5.74) is 5.63. The van der Waals surface area contributed by atoms with E-state index in [1.54, 1.807) is 12.1 Å². The van der Waals surface area contributed by atoms with Crippen LogP contribution in [0.2, 0.25) is 0 Å². The third-order valence-corrected chi connectivity index (χ3v) is 5.11. The second kappa shape index (κ2) is 7.26. The van der Waals surface area contributed by atoms with Crippen LogP contribution in [0.5, 0.6) is 0 Å². The number of amides is 1. The highest BCUT2D eigenvalue weighted by atomic mass is 16.2. The van der Waals surface area contributed by atoms with E-state index in [9.17, 15) is 9.59 Å². The van der Waals surface area contributed by atoms with E-state index >= 15 is 0 Å². The molecule has 1 amide bonds. The Morgan fingerprint density at radius 1 is 1.08 bits per heavy atom. The first-order valence-corrected chi connectivity index (χ1v) is 9.03. The zero-order chi connectivity index (χ0) is 18.0. The minimum atomic E-state index is -0.0416. The summed E-state index contributed by atoms with van der Waals surface area (Å²) in [7, 11) is 0. The van der Waals surface area contributed by atoms with Gasteiger partial charge < -0.3 is 9.88 Å². The number of aromatic nitrogens is 1. The lowest BCUT2D eigenvalue weighted by Gasteiger charge is -2.21. The smallest absolute Gasteiger partial charge is 0.240 e. The summed E-state index contributed by atoms with van der Waals surface area (Å²) in [6, 6.07) is 9.68. The van der Waals surface area contributed by atoms with E-state index < -0.39 is 0 Å². The number of nitrogens with zero attached hydrogens (tertiary/aromatic N) is 1. The van der Waals surface area contributed by atoms with Crippen molar-refractivity contribution in [3.63, 3.8) is 0 Å². The normalized spacial score (nSPS) is 14.7. The van der Waals surface area contributed by atoms with E-state index in [0.717, 1.165) is 23.4 Å². The number of pyridine rings is 1. The van der Waals surface area contributed by atoms with Gasteiger partial charge in [-0.15, -0.1) is 0 Å². The highest BCUT2D eigenvalue weighted by Gasteiger charge is 2.15. The SMILES string of the molecule is Cc1cc(=O)cc(C)n1CC(=O)NC(C)c1ccc2c(c1)CCCC2. The molecule has 2 aromatic rings. The predicted molar refractivity (Wildman–Crippen MR) is 99.8 cm³/mol. The molecule has 0 saturated heterocycles. The fraction of sp³-hybridized carbons (Fsp3) is 0.429. The molecule has 0 aliphatic heterocycles. The molecule has 4 nitrogen and oxygen atoms in total. The molecule has 25 heavy (non-hydrogen) atoms. The highest BCUT2D eigenvalue weighted by molar-refractivity contribution is 5.76. The first-order chi connectivity index (χ1) is 11.9. The average Bonchev–Trinajstić information content (AvgIpc) is 2.57. The van der Waals surface area contributed by atoms with Gasteiger partial charge >= 0.3 is 0 Å². The Balaban J connectivity index is 1.70. The number of nitrogens with one attached hydrogen (secondary N) is 1. The Kier molecular flexibility index (Phi) is 5.07. The Morgan fingerprint density at radius 2 is 1.72 bits per heavy atom. The summed E-state index contributed by atoms with van der Waals surface area (Å²) in [5.74, 6) is -0.0416. The third-order valence-electron chi connectivity index (χ3n) is 5.11. The van der Waals surface area contributed by atoms with Gasteiger partial charge in [0.25, 0.3) is 0 Å². The van der Waals surface area contributed by atoms with Crippen LogP contribution in [0, 0.1) is 13.8 Å².